The van der Waals surface area contributed by atoms with E-state index in [9.17, 15) is 4.79 Å². The van der Waals surface area contributed by atoms with Gasteiger partial charge in [0.25, 0.3) is 0 Å². The summed E-state index contributed by atoms with van der Waals surface area (Å²) >= 11 is 0. The molecule has 2 aliphatic heterocycles. The highest BCUT2D eigenvalue weighted by molar-refractivity contribution is 5.97. The molecule has 2 aliphatic rings. The maximum Gasteiger partial charge on any atom is 0.248 e. The molecule has 8 heteroatoms. The SMILES string of the molecule is O=C1[C@H]2CNCCN2CCN1c1ncc(-c2cccc3cn[nH]c23)cn1. The number of benzene rings is 1. The van der Waals surface area contributed by atoms with Gasteiger partial charge in [-0.3, -0.25) is 19.7 Å². The second-order valence-electron chi connectivity index (χ2n) is 6.66. The molecule has 0 saturated carbocycles. The number of anilines is 1. The van der Waals surface area contributed by atoms with Gasteiger partial charge in [0.15, 0.2) is 0 Å². The maximum absolute atomic E-state index is 12.8. The van der Waals surface area contributed by atoms with Gasteiger partial charge in [0.2, 0.25) is 11.9 Å². The molecule has 4 heterocycles. The number of nitrogens with zero attached hydrogens (tertiary/aromatic N) is 5. The van der Waals surface area contributed by atoms with Crippen molar-refractivity contribution in [3.8, 4) is 11.1 Å². The number of fused-ring (bicyclic) bond motifs is 2. The van der Waals surface area contributed by atoms with Crippen LogP contribution in [0.15, 0.2) is 36.8 Å². The number of H-pyrrole nitrogens is 1. The number of aromatic amines is 1. The Labute approximate surface area is 150 Å². The molecule has 1 atom stereocenters. The molecule has 1 amide bonds. The molecule has 2 N–H and O–H groups in total. The number of nitrogens with one attached hydrogen (secondary N) is 2. The summed E-state index contributed by atoms with van der Waals surface area (Å²) in [5, 5.41) is 11.5. The third-order valence-corrected chi connectivity index (χ3v) is 5.18. The summed E-state index contributed by atoms with van der Waals surface area (Å²) in [6.07, 6.45) is 5.35. The Morgan fingerprint density at radius 2 is 1.96 bits per heavy atom. The number of hydrogen-bond acceptors (Lipinski definition) is 6. The molecule has 3 aromatic rings. The fourth-order valence-corrected chi connectivity index (χ4v) is 3.78. The van der Waals surface area contributed by atoms with Crippen LogP contribution in [0.2, 0.25) is 0 Å². The Balaban J connectivity index is 1.43. The smallest absolute Gasteiger partial charge is 0.248 e. The minimum atomic E-state index is -0.112. The predicted molar refractivity (Wildman–Crippen MR) is 97.7 cm³/mol. The summed E-state index contributed by atoms with van der Waals surface area (Å²) in [6.45, 7) is 4.03. The molecule has 0 spiro atoms. The molecule has 0 bridgehead atoms. The van der Waals surface area contributed by atoms with Crippen LogP contribution in [0.5, 0.6) is 0 Å². The summed E-state index contributed by atoms with van der Waals surface area (Å²) in [6, 6.07) is 5.89. The number of piperazine rings is 2. The van der Waals surface area contributed by atoms with E-state index in [-0.39, 0.29) is 11.9 Å². The normalized spacial score (nSPS) is 21.2. The first kappa shape index (κ1) is 15.4. The standard InChI is InChI=1S/C18H19N7O/c26-17-15-11-19-4-5-24(15)6-7-25(17)18-20-8-13(9-21-18)14-3-1-2-12-10-22-23-16(12)14/h1-3,8-10,15,19H,4-7,11H2,(H,22,23)/t15-/m1/s1. The number of aromatic nitrogens is 4. The lowest BCUT2D eigenvalue weighted by atomic mass is 10.1. The average Bonchev–Trinajstić information content (AvgIpc) is 3.18. The topological polar surface area (TPSA) is 90.0 Å². The Hall–Kier alpha value is -2.84. The summed E-state index contributed by atoms with van der Waals surface area (Å²) < 4.78 is 0. The molecule has 26 heavy (non-hydrogen) atoms. The van der Waals surface area contributed by atoms with Gasteiger partial charge in [-0.15, -0.1) is 0 Å². The van der Waals surface area contributed by atoms with Crippen molar-refractivity contribution in [2.75, 3.05) is 37.6 Å². The second kappa shape index (κ2) is 6.15. The van der Waals surface area contributed by atoms with E-state index in [0.29, 0.717) is 19.0 Å². The molecule has 1 aromatic carbocycles. The first-order valence-corrected chi connectivity index (χ1v) is 8.82. The largest absolute Gasteiger partial charge is 0.313 e. The Bertz CT molecular complexity index is 952. The molecule has 0 aliphatic carbocycles. The lowest BCUT2D eigenvalue weighted by Gasteiger charge is -2.42. The molecule has 0 radical (unpaired) electrons. The van der Waals surface area contributed by atoms with E-state index in [2.05, 4.69) is 30.4 Å². The Morgan fingerprint density at radius 1 is 1.08 bits per heavy atom. The van der Waals surface area contributed by atoms with Crippen LogP contribution < -0.4 is 10.2 Å². The van der Waals surface area contributed by atoms with Gasteiger partial charge >= 0.3 is 0 Å². The zero-order chi connectivity index (χ0) is 17.5. The van der Waals surface area contributed by atoms with Gasteiger partial charge in [-0.1, -0.05) is 18.2 Å². The average molecular weight is 349 g/mol. The summed E-state index contributed by atoms with van der Waals surface area (Å²) in [5.74, 6) is 0.549. The third-order valence-electron chi connectivity index (χ3n) is 5.18. The number of hydrogen-bond donors (Lipinski definition) is 2. The van der Waals surface area contributed by atoms with Crippen LogP contribution in [-0.2, 0) is 4.79 Å². The molecule has 132 valence electrons. The van der Waals surface area contributed by atoms with Gasteiger partial charge in [-0.2, -0.15) is 5.10 Å². The fraction of sp³-hybridized carbons (Fsp3) is 0.333. The van der Waals surface area contributed by atoms with Crippen LogP contribution in [0.25, 0.3) is 22.0 Å². The van der Waals surface area contributed by atoms with E-state index < -0.39 is 0 Å². The second-order valence-corrected chi connectivity index (χ2v) is 6.66. The van der Waals surface area contributed by atoms with E-state index >= 15 is 0 Å². The van der Waals surface area contributed by atoms with Crippen molar-refractivity contribution in [2.45, 2.75) is 6.04 Å². The van der Waals surface area contributed by atoms with Gasteiger partial charge in [-0.05, 0) is 0 Å². The summed E-state index contributed by atoms with van der Waals surface area (Å²) in [5.41, 5.74) is 2.86. The van der Waals surface area contributed by atoms with Crippen LogP contribution in [-0.4, -0.2) is 69.7 Å². The predicted octanol–water partition coefficient (Wildman–Crippen LogP) is 0.640. The van der Waals surface area contributed by atoms with Crippen LogP contribution in [0.3, 0.4) is 0 Å². The van der Waals surface area contributed by atoms with Crippen LogP contribution in [0.4, 0.5) is 5.95 Å². The lowest BCUT2D eigenvalue weighted by Crippen LogP contribution is -2.64. The van der Waals surface area contributed by atoms with Crippen molar-refractivity contribution in [1.82, 2.24) is 30.4 Å². The monoisotopic (exact) mass is 349 g/mol. The zero-order valence-corrected chi connectivity index (χ0v) is 14.2. The van der Waals surface area contributed by atoms with E-state index in [4.69, 9.17) is 0 Å². The molecule has 5 rings (SSSR count). The van der Waals surface area contributed by atoms with Gasteiger partial charge in [-0.25, -0.2) is 9.97 Å². The number of carbonyl (C=O) groups excluding carboxylic acids is 1. The highest BCUT2D eigenvalue weighted by Crippen LogP contribution is 2.27. The highest BCUT2D eigenvalue weighted by Gasteiger charge is 2.37. The fourth-order valence-electron chi connectivity index (χ4n) is 3.78. The van der Waals surface area contributed by atoms with Gasteiger partial charge < -0.3 is 5.32 Å². The molecule has 2 fully saturated rings. The minimum absolute atomic E-state index is 0.0758. The minimum Gasteiger partial charge on any atom is -0.313 e. The van der Waals surface area contributed by atoms with Crippen molar-refractivity contribution in [2.24, 2.45) is 0 Å². The zero-order valence-electron chi connectivity index (χ0n) is 14.2. The van der Waals surface area contributed by atoms with Crippen molar-refractivity contribution < 1.29 is 4.79 Å². The Kier molecular flexibility index (Phi) is 3.65. The number of para-hydroxylation sites is 1. The van der Waals surface area contributed by atoms with Crippen molar-refractivity contribution >= 4 is 22.8 Å². The molecular formula is C18H19N7O. The van der Waals surface area contributed by atoms with E-state index in [1.165, 1.54) is 0 Å². The van der Waals surface area contributed by atoms with Crippen LogP contribution in [0.1, 0.15) is 0 Å². The van der Waals surface area contributed by atoms with E-state index in [0.717, 1.165) is 41.7 Å². The number of amides is 1. The molecule has 8 nitrogen and oxygen atoms in total. The third kappa shape index (κ3) is 2.46. The lowest BCUT2D eigenvalue weighted by molar-refractivity contribution is -0.126. The quantitative estimate of drug-likeness (QED) is 0.706. The summed E-state index contributed by atoms with van der Waals surface area (Å²) in [4.78, 5) is 25.7. The van der Waals surface area contributed by atoms with E-state index in [1.807, 2.05) is 18.2 Å². The first-order chi connectivity index (χ1) is 12.8. The Morgan fingerprint density at radius 3 is 2.85 bits per heavy atom. The van der Waals surface area contributed by atoms with Crippen LogP contribution in [0, 0.1) is 0 Å². The van der Waals surface area contributed by atoms with Crippen molar-refractivity contribution in [3.63, 3.8) is 0 Å². The maximum atomic E-state index is 12.8. The van der Waals surface area contributed by atoms with Gasteiger partial charge in [0.1, 0.15) is 6.04 Å². The molecular weight excluding hydrogens is 330 g/mol. The molecule has 2 saturated heterocycles. The van der Waals surface area contributed by atoms with Gasteiger partial charge in [0, 0.05) is 61.6 Å². The first-order valence-electron chi connectivity index (χ1n) is 8.82. The number of rotatable bonds is 2. The van der Waals surface area contributed by atoms with E-state index in [1.54, 1.807) is 23.5 Å². The van der Waals surface area contributed by atoms with Crippen molar-refractivity contribution in [3.05, 3.63) is 36.8 Å². The van der Waals surface area contributed by atoms with Crippen LogP contribution >= 0.6 is 0 Å². The number of carbonyl (C=O) groups is 1. The van der Waals surface area contributed by atoms with Crippen molar-refractivity contribution in [1.29, 1.82) is 0 Å². The summed E-state index contributed by atoms with van der Waals surface area (Å²) in [7, 11) is 0. The molecule has 2 aromatic heterocycles. The molecule has 0 unspecified atom stereocenters. The van der Waals surface area contributed by atoms with Gasteiger partial charge in [0.05, 0.1) is 11.7 Å². The highest BCUT2D eigenvalue weighted by atomic mass is 16.2.